The van der Waals surface area contributed by atoms with E-state index in [-0.39, 0.29) is 11.3 Å². The molecular weight excluding hydrogens is 260 g/mol. The lowest BCUT2D eigenvalue weighted by atomic mass is 10.1. The van der Waals surface area contributed by atoms with Gasteiger partial charge in [-0.1, -0.05) is 32.4 Å². The highest BCUT2D eigenvalue weighted by molar-refractivity contribution is 5.54. The fourth-order valence-corrected chi connectivity index (χ4v) is 1.73. The maximum atomic E-state index is 12.8. The van der Waals surface area contributed by atoms with Crippen molar-refractivity contribution in [1.82, 2.24) is 0 Å². The van der Waals surface area contributed by atoms with Gasteiger partial charge in [0.25, 0.3) is 6.43 Å². The number of halogens is 2. The lowest BCUT2D eigenvalue weighted by Gasteiger charge is -2.17. The molecular formula is C16H22F2NO-. The molecule has 0 aliphatic rings. The number of hydrogen-bond donors (Lipinski definition) is 0. The number of ether oxygens (including phenoxy) is 1. The van der Waals surface area contributed by atoms with Crippen molar-refractivity contribution in [3.05, 3.63) is 40.7 Å². The second-order valence-electron chi connectivity index (χ2n) is 5.02. The quantitative estimate of drug-likeness (QED) is 0.611. The third kappa shape index (κ3) is 5.70. The second-order valence-corrected chi connectivity index (χ2v) is 5.02. The van der Waals surface area contributed by atoms with Crippen molar-refractivity contribution in [3.63, 3.8) is 0 Å². The molecule has 0 fully saturated rings. The topological polar surface area (TPSA) is 23.3 Å². The molecule has 1 aromatic rings. The van der Waals surface area contributed by atoms with Crippen LogP contribution < -0.4 is 4.74 Å². The van der Waals surface area contributed by atoms with Crippen LogP contribution in [0.1, 0.15) is 37.8 Å². The van der Waals surface area contributed by atoms with E-state index >= 15 is 0 Å². The largest absolute Gasteiger partial charge is 0.659 e. The lowest BCUT2D eigenvalue weighted by molar-refractivity contribution is 0.147. The first kappa shape index (κ1) is 16.6. The minimum Gasteiger partial charge on any atom is -0.659 e. The zero-order valence-electron chi connectivity index (χ0n) is 12.3. The summed E-state index contributed by atoms with van der Waals surface area (Å²) in [6.07, 6.45) is 2.24. The van der Waals surface area contributed by atoms with Crippen LogP contribution >= 0.6 is 0 Å². The van der Waals surface area contributed by atoms with Gasteiger partial charge in [0.15, 0.2) is 0 Å². The van der Waals surface area contributed by atoms with Gasteiger partial charge in [0.1, 0.15) is 5.75 Å². The summed E-state index contributed by atoms with van der Waals surface area (Å²) < 4.78 is 30.6. The molecule has 0 aliphatic carbocycles. The number of nitrogens with zero attached hydrogens (tertiary/aromatic N) is 1. The fraction of sp³-hybridized carbons (Fsp3) is 0.500. The molecule has 0 saturated heterocycles. The van der Waals surface area contributed by atoms with Crippen molar-refractivity contribution in [2.24, 2.45) is 5.92 Å². The Balaban J connectivity index is 2.53. The zero-order valence-corrected chi connectivity index (χ0v) is 12.3. The molecule has 0 N–H and O–H groups in total. The SMILES string of the molecule is COc1ccc(C=CC[N-]CCC(C)C)cc1C(F)F. The van der Waals surface area contributed by atoms with Crippen molar-refractivity contribution in [2.75, 3.05) is 20.2 Å². The molecule has 0 aliphatic heterocycles. The van der Waals surface area contributed by atoms with Crippen LogP contribution in [0.15, 0.2) is 24.3 Å². The molecule has 0 saturated carbocycles. The van der Waals surface area contributed by atoms with E-state index in [4.69, 9.17) is 4.74 Å². The summed E-state index contributed by atoms with van der Waals surface area (Å²) in [5.74, 6) is 0.872. The van der Waals surface area contributed by atoms with Crippen LogP contribution in [0.2, 0.25) is 0 Å². The van der Waals surface area contributed by atoms with Crippen LogP contribution in [0.25, 0.3) is 11.4 Å². The summed E-state index contributed by atoms with van der Waals surface area (Å²) in [4.78, 5) is 0. The Kier molecular flexibility index (Phi) is 7.23. The Morgan fingerprint density at radius 3 is 2.65 bits per heavy atom. The maximum absolute atomic E-state index is 12.8. The highest BCUT2D eigenvalue weighted by Crippen LogP contribution is 2.30. The van der Waals surface area contributed by atoms with Crippen molar-refractivity contribution in [3.8, 4) is 5.75 Å². The average Bonchev–Trinajstić information content (AvgIpc) is 2.42. The van der Waals surface area contributed by atoms with Crippen LogP contribution in [0.3, 0.4) is 0 Å². The normalized spacial score (nSPS) is 11.8. The van der Waals surface area contributed by atoms with Crippen LogP contribution in [0.4, 0.5) is 8.78 Å². The molecule has 0 amide bonds. The zero-order chi connectivity index (χ0) is 15.0. The number of rotatable bonds is 8. The highest BCUT2D eigenvalue weighted by atomic mass is 19.3. The minimum absolute atomic E-state index is 0.0774. The van der Waals surface area contributed by atoms with Gasteiger partial charge < -0.3 is 10.1 Å². The van der Waals surface area contributed by atoms with E-state index in [0.717, 1.165) is 18.5 Å². The molecule has 112 valence electrons. The van der Waals surface area contributed by atoms with Gasteiger partial charge in [0.2, 0.25) is 0 Å². The molecule has 0 bridgehead atoms. The number of alkyl halides is 2. The van der Waals surface area contributed by atoms with Crippen LogP contribution in [-0.4, -0.2) is 20.2 Å². The molecule has 0 atom stereocenters. The molecule has 0 radical (unpaired) electrons. The van der Waals surface area contributed by atoms with E-state index in [1.54, 1.807) is 12.1 Å². The summed E-state index contributed by atoms with van der Waals surface area (Å²) in [5, 5.41) is 4.36. The molecule has 1 rings (SSSR count). The standard InChI is InChI=1S/C16H22F2NO/c1-12(2)8-10-19-9-4-5-13-6-7-15(20-3)14(11-13)16(17)18/h4-7,11-12,16H,8-10H2,1-3H3/q-1. The third-order valence-corrected chi connectivity index (χ3v) is 2.90. The predicted octanol–water partition coefficient (Wildman–Crippen LogP) is 5.07. The lowest BCUT2D eigenvalue weighted by Crippen LogP contribution is -1.94. The molecule has 0 aromatic heterocycles. The smallest absolute Gasteiger partial charge is 0.267 e. The average molecular weight is 282 g/mol. The van der Waals surface area contributed by atoms with Crippen molar-refractivity contribution < 1.29 is 13.5 Å². The second kappa shape index (κ2) is 8.69. The number of benzene rings is 1. The molecule has 0 spiro atoms. The summed E-state index contributed by atoms with van der Waals surface area (Å²) in [7, 11) is 1.39. The van der Waals surface area contributed by atoms with E-state index in [2.05, 4.69) is 19.2 Å². The molecule has 20 heavy (non-hydrogen) atoms. The van der Waals surface area contributed by atoms with Crippen molar-refractivity contribution in [1.29, 1.82) is 0 Å². The van der Waals surface area contributed by atoms with Gasteiger partial charge in [-0.3, -0.25) is 0 Å². The molecule has 1 aromatic carbocycles. The Bertz CT molecular complexity index is 430. The van der Waals surface area contributed by atoms with Gasteiger partial charge in [0.05, 0.1) is 12.7 Å². The van der Waals surface area contributed by atoms with Gasteiger partial charge >= 0.3 is 0 Å². The number of hydrogen-bond acceptors (Lipinski definition) is 1. The van der Waals surface area contributed by atoms with Crippen LogP contribution in [0, 0.1) is 5.92 Å². The van der Waals surface area contributed by atoms with Gasteiger partial charge in [-0.25, -0.2) is 8.78 Å². The Morgan fingerprint density at radius 1 is 1.30 bits per heavy atom. The molecule has 4 heteroatoms. The third-order valence-electron chi connectivity index (χ3n) is 2.90. The first-order valence-corrected chi connectivity index (χ1v) is 6.80. The van der Waals surface area contributed by atoms with Crippen molar-refractivity contribution >= 4 is 6.08 Å². The monoisotopic (exact) mass is 282 g/mol. The minimum atomic E-state index is -2.53. The van der Waals surface area contributed by atoms with Gasteiger partial charge in [-0.2, -0.15) is 0 Å². The Labute approximate surface area is 119 Å². The first-order chi connectivity index (χ1) is 9.54. The first-order valence-electron chi connectivity index (χ1n) is 6.80. The molecule has 2 nitrogen and oxygen atoms in total. The van der Waals surface area contributed by atoms with Crippen LogP contribution in [-0.2, 0) is 0 Å². The Hall–Kier alpha value is -1.42. The van der Waals surface area contributed by atoms with E-state index < -0.39 is 6.43 Å². The van der Waals surface area contributed by atoms with Gasteiger partial charge in [-0.15, -0.1) is 19.2 Å². The maximum Gasteiger partial charge on any atom is 0.267 e. The van der Waals surface area contributed by atoms with Crippen molar-refractivity contribution in [2.45, 2.75) is 26.7 Å². The highest BCUT2D eigenvalue weighted by Gasteiger charge is 2.13. The van der Waals surface area contributed by atoms with E-state index in [1.165, 1.54) is 13.2 Å². The van der Waals surface area contributed by atoms with E-state index in [1.807, 2.05) is 12.2 Å². The summed E-state index contributed by atoms with van der Waals surface area (Å²) >= 11 is 0. The van der Waals surface area contributed by atoms with E-state index in [0.29, 0.717) is 12.5 Å². The van der Waals surface area contributed by atoms with Gasteiger partial charge in [0, 0.05) is 0 Å². The predicted molar refractivity (Wildman–Crippen MR) is 79.5 cm³/mol. The fourth-order valence-electron chi connectivity index (χ4n) is 1.73. The summed E-state index contributed by atoms with van der Waals surface area (Å²) in [6.45, 7) is 5.78. The molecule has 0 heterocycles. The van der Waals surface area contributed by atoms with E-state index in [9.17, 15) is 8.78 Å². The van der Waals surface area contributed by atoms with Crippen LogP contribution in [0.5, 0.6) is 5.75 Å². The van der Waals surface area contributed by atoms with Gasteiger partial charge in [-0.05, 0) is 23.6 Å². The summed E-state index contributed by atoms with van der Waals surface area (Å²) in [5.41, 5.74) is 0.659. The summed E-state index contributed by atoms with van der Waals surface area (Å²) in [6, 6.07) is 4.78. The molecule has 0 unspecified atom stereocenters. The Morgan fingerprint density at radius 2 is 2.05 bits per heavy atom. The number of methoxy groups -OCH3 is 1.